The van der Waals surface area contributed by atoms with E-state index in [-0.39, 0.29) is 6.10 Å². The number of ether oxygens (including phenoxy) is 5. The van der Waals surface area contributed by atoms with E-state index in [1.165, 1.54) is 70.6 Å². The lowest BCUT2D eigenvalue weighted by Gasteiger charge is -2.09. The van der Waals surface area contributed by atoms with Gasteiger partial charge in [-0.25, -0.2) is 4.79 Å². The predicted octanol–water partition coefficient (Wildman–Crippen LogP) is 9.39. The molecule has 3 rings (SSSR count). The molecule has 2 atom stereocenters. The molecule has 0 radical (unpaired) electrons. The monoisotopic (exact) mass is 540 g/mol. The summed E-state index contributed by atoms with van der Waals surface area (Å²) in [4.78, 5) is 12.1. The summed E-state index contributed by atoms with van der Waals surface area (Å²) in [6.45, 7) is 5.67. The van der Waals surface area contributed by atoms with Crippen molar-refractivity contribution >= 4 is 6.16 Å². The Morgan fingerprint density at radius 3 is 1.87 bits per heavy atom. The normalized spacial score (nSPS) is 16.1. The van der Waals surface area contributed by atoms with Gasteiger partial charge < -0.3 is 23.7 Å². The zero-order chi connectivity index (χ0) is 27.5. The minimum Gasteiger partial charge on any atom is -0.494 e. The summed E-state index contributed by atoms with van der Waals surface area (Å²) in [5.41, 5.74) is 1.06. The molecule has 216 valence electrons. The third-order valence-electron chi connectivity index (χ3n) is 6.96. The summed E-state index contributed by atoms with van der Waals surface area (Å²) in [6, 6.07) is 15.0. The first-order valence-corrected chi connectivity index (χ1v) is 15.2. The van der Waals surface area contributed by atoms with Gasteiger partial charge in [0.05, 0.1) is 6.61 Å². The van der Waals surface area contributed by atoms with E-state index in [2.05, 4.69) is 13.8 Å². The average molecular weight is 541 g/mol. The maximum absolute atomic E-state index is 12.1. The maximum Gasteiger partial charge on any atom is 0.516 e. The SMILES string of the molecule is CCCCCCCCC[C@@H]1O[C@@H]1OC(=O)Oc1ccc(OCc2ccc(OCCCCCCCC)cc2)cc1. The van der Waals surface area contributed by atoms with Gasteiger partial charge in [-0.15, -0.1) is 0 Å². The Labute approximate surface area is 235 Å². The largest absolute Gasteiger partial charge is 0.516 e. The zero-order valence-corrected chi connectivity index (χ0v) is 24.0. The number of carbonyl (C=O) groups is 1. The molecule has 0 bridgehead atoms. The summed E-state index contributed by atoms with van der Waals surface area (Å²) in [5, 5.41) is 0. The lowest BCUT2D eigenvalue weighted by molar-refractivity contribution is 0.0562. The molecule has 0 aromatic heterocycles. The van der Waals surface area contributed by atoms with Crippen LogP contribution in [-0.2, 0) is 16.1 Å². The minimum atomic E-state index is -0.741. The summed E-state index contributed by atoms with van der Waals surface area (Å²) >= 11 is 0. The second-order valence-corrected chi connectivity index (χ2v) is 10.4. The number of hydrogen-bond donors (Lipinski definition) is 0. The van der Waals surface area contributed by atoms with Crippen molar-refractivity contribution in [2.45, 2.75) is 123 Å². The molecule has 2 aromatic rings. The highest BCUT2D eigenvalue weighted by Crippen LogP contribution is 2.29. The smallest absolute Gasteiger partial charge is 0.494 e. The standard InChI is InChI=1S/C33H48O6/c1-3-5-7-9-11-12-14-16-31-32(38-31)39-33(34)37-30-23-21-29(22-24-30)36-26-27-17-19-28(20-18-27)35-25-15-13-10-8-6-4-2/h17-24,31-32H,3-16,25-26H2,1-2H3/t31-,32+/m0/s1. The van der Waals surface area contributed by atoms with Crippen molar-refractivity contribution in [3.05, 3.63) is 54.1 Å². The molecule has 1 saturated heterocycles. The topological polar surface area (TPSA) is 66.5 Å². The number of rotatable bonds is 21. The molecule has 6 heteroatoms. The minimum absolute atomic E-state index is 0.00455. The third-order valence-corrected chi connectivity index (χ3v) is 6.96. The summed E-state index contributed by atoms with van der Waals surface area (Å²) in [6.07, 6.45) is 16.0. The Kier molecular flexibility index (Phi) is 14.6. The lowest BCUT2D eigenvalue weighted by Crippen LogP contribution is -2.14. The fourth-order valence-electron chi connectivity index (χ4n) is 4.48. The zero-order valence-electron chi connectivity index (χ0n) is 24.0. The third kappa shape index (κ3) is 13.3. The van der Waals surface area contributed by atoms with E-state index in [0.717, 1.165) is 37.2 Å². The van der Waals surface area contributed by atoms with Crippen molar-refractivity contribution in [2.75, 3.05) is 6.61 Å². The van der Waals surface area contributed by atoms with E-state index in [9.17, 15) is 4.79 Å². The fraction of sp³-hybridized carbons (Fsp3) is 0.606. The van der Waals surface area contributed by atoms with Crippen LogP contribution in [0.2, 0.25) is 0 Å². The van der Waals surface area contributed by atoms with Gasteiger partial charge >= 0.3 is 6.16 Å². The van der Waals surface area contributed by atoms with Crippen molar-refractivity contribution < 1.29 is 28.5 Å². The van der Waals surface area contributed by atoms with Gasteiger partial charge in [0.1, 0.15) is 30.0 Å². The Balaban J connectivity index is 1.24. The molecule has 0 amide bonds. The first-order valence-electron chi connectivity index (χ1n) is 15.2. The van der Waals surface area contributed by atoms with E-state index >= 15 is 0 Å². The van der Waals surface area contributed by atoms with Gasteiger partial charge in [-0.2, -0.15) is 0 Å². The van der Waals surface area contributed by atoms with E-state index in [0.29, 0.717) is 18.1 Å². The highest BCUT2D eigenvalue weighted by atomic mass is 16.8. The fourth-order valence-corrected chi connectivity index (χ4v) is 4.48. The molecule has 1 aliphatic heterocycles. The maximum atomic E-state index is 12.1. The molecule has 6 nitrogen and oxygen atoms in total. The molecule has 0 N–H and O–H groups in total. The molecule has 39 heavy (non-hydrogen) atoms. The molecule has 0 unspecified atom stereocenters. The van der Waals surface area contributed by atoms with Crippen LogP contribution in [0.15, 0.2) is 48.5 Å². The van der Waals surface area contributed by atoms with Crippen LogP contribution in [0.1, 0.15) is 109 Å². The highest BCUT2D eigenvalue weighted by Gasteiger charge is 2.42. The van der Waals surface area contributed by atoms with Crippen LogP contribution in [0.5, 0.6) is 17.2 Å². The van der Waals surface area contributed by atoms with Crippen LogP contribution in [0.4, 0.5) is 4.79 Å². The summed E-state index contributed by atoms with van der Waals surface area (Å²) in [7, 11) is 0. The first kappa shape index (κ1) is 30.8. The highest BCUT2D eigenvalue weighted by molar-refractivity contribution is 5.64. The van der Waals surface area contributed by atoms with Crippen LogP contribution in [0.3, 0.4) is 0 Å². The molecule has 1 aliphatic rings. The Morgan fingerprint density at radius 2 is 1.21 bits per heavy atom. The van der Waals surface area contributed by atoms with Crippen LogP contribution in [-0.4, -0.2) is 25.2 Å². The van der Waals surface area contributed by atoms with Crippen molar-refractivity contribution in [1.82, 2.24) is 0 Å². The van der Waals surface area contributed by atoms with E-state index in [1.807, 2.05) is 24.3 Å². The molecule has 0 saturated carbocycles. The number of unbranched alkanes of at least 4 members (excludes halogenated alkanes) is 11. The van der Waals surface area contributed by atoms with Gasteiger partial charge in [-0.1, -0.05) is 103 Å². The van der Waals surface area contributed by atoms with Crippen molar-refractivity contribution in [3.63, 3.8) is 0 Å². The second-order valence-electron chi connectivity index (χ2n) is 10.4. The van der Waals surface area contributed by atoms with E-state index in [1.54, 1.807) is 24.3 Å². The molecular formula is C33H48O6. The lowest BCUT2D eigenvalue weighted by atomic mass is 10.1. The Bertz CT molecular complexity index is 911. The van der Waals surface area contributed by atoms with Crippen LogP contribution >= 0.6 is 0 Å². The van der Waals surface area contributed by atoms with Gasteiger partial charge in [-0.05, 0) is 54.8 Å². The molecule has 0 spiro atoms. The molecule has 2 aromatic carbocycles. The van der Waals surface area contributed by atoms with Gasteiger partial charge in [0, 0.05) is 0 Å². The van der Waals surface area contributed by atoms with Crippen molar-refractivity contribution in [3.8, 4) is 17.2 Å². The molecule has 1 fully saturated rings. The van der Waals surface area contributed by atoms with Gasteiger partial charge in [0.25, 0.3) is 0 Å². The van der Waals surface area contributed by atoms with Gasteiger partial charge in [0.2, 0.25) is 6.29 Å². The second kappa shape index (κ2) is 18.5. The molecule has 0 aliphatic carbocycles. The van der Waals surface area contributed by atoms with Crippen molar-refractivity contribution in [1.29, 1.82) is 0 Å². The summed E-state index contributed by atoms with van der Waals surface area (Å²) in [5.74, 6) is 1.99. The van der Waals surface area contributed by atoms with Crippen LogP contribution in [0, 0.1) is 0 Å². The van der Waals surface area contributed by atoms with E-state index < -0.39 is 12.4 Å². The summed E-state index contributed by atoms with van der Waals surface area (Å²) < 4.78 is 27.7. The first-order chi connectivity index (χ1) is 19.2. The Hall–Kier alpha value is -2.73. The quantitative estimate of drug-likeness (QED) is 0.0680. The average Bonchev–Trinajstić information content (AvgIpc) is 3.69. The molecular weight excluding hydrogens is 492 g/mol. The van der Waals surface area contributed by atoms with Gasteiger partial charge in [0.15, 0.2) is 0 Å². The molecule has 1 heterocycles. The van der Waals surface area contributed by atoms with Crippen molar-refractivity contribution in [2.24, 2.45) is 0 Å². The number of hydrogen-bond acceptors (Lipinski definition) is 6. The van der Waals surface area contributed by atoms with Crippen LogP contribution < -0.4 is 14.2 Å². The number of epoxide rings is 1. The Morgan fingerprint density at radius 1 is 0.667 bits per heavy atom. The number of carbonyl (C=O) groups excluding carboxylic acids is 1. The van der Waals surface area contributed by atoms with E-state index in [4.69, 9.17) is 23.7 Å². The number of benzene rings is 2. The predicted molar refractivity (Wildman–Crippen MR) is 154 cm³/mol. The van der Waals surface area contributed by atoms with Crippen LogP contribution in [0.25, 0.3) is 0 Å². The van der Waals surface area contributed by atoms with Gasteiger partial charge in [-0.3, -0.25) is 0 Å².